The van der Waals surface area contributed by atoms with Crippen LogP contribution in [0.4, 0.5) is 5.69 Å². The van der Waals surface area contributed by atoms with Gasteiger partial charge < -0.3 is 20.3 Å². The SMILES string of the molecule is CCNC(=NCC1CN2CCN1CC2)NC1CCN(c2ccccc2OC)C1.I. The van der Waals surface area contributed by atoms with Crippen molar-refractivity contribution >= 4 is 35.6 Å². The van der Waals surface area contributed by atoms with E-state index in [9.17, 15) is 0 Å². The van der Waals surface area contributed by atoms with E-state index >= 15 is 0 Å². The molecule has 29 heavy (non-hydrogen) atoms. The number of benzene rings is 1. The first-order valence-electron chi connectivity index (χ1n) is 10.7. The van der Waals surface area contributed by atoms with Gasteiger partial charge >= 0.3 is 0 Å². The molecule has 1 aromatic carbocycles. The fraction of sp³-hybridized carbons (Fsp3) is 0.667. The number of guanidine groups is 1. The fourth-order valence-electron chi connectivity index (χ4n) is 4.60. The van der Waals surface area contributed by atoms with Crippen LogP contribution in [-0.2, 0) is 0 Å². The molecule has 4 saturated heterocycles. The standard InChI is InChI=1S/C21H34N6O.HI/c1-3-22-21(23-14-18-16-25-10-12-26(18)13-11-25)24-17-8-9-27(15-17)19-6-4-5-7-20(19)28-2;/h4-7,17-18H,3,8-16H2,1-2H3,(H2,22,23,24);1H. The summed E-state index contributed by atoms with van der Waals surface area (Å²) in [7, 11) is 1.74. The highest BCUT2D eigenvalue weighted by molar-refractivity contribution is 14.0. The van der Waals surface area contributed by atoms with Crippen molar-refractivity contribution in [2.24, 2.45) is 4.99 Å². The maximum Gasteiger partial charge on any atom is 0.191 e. The van der Waals surface area contributed by atoms with Gasteiger partial charge in [-0.1, -0.05) is 12.1 Å². The van der Waals surface area contributed by atoms with Crippen LogP contribution in [0.1, 0.15) is 13.3 Å². The lowest BCUT2D eigenvalue weighted by atomic mass is 10.1. The molecule has 2 atom stereocenters. The molecule has 0 spiro atoms. The lowest BCUT2D eigenvalue weighted by molar-refractivity contribution is 0.0174. The van der Waals surface area contributed by atoms with Crippen LogP contribution in [0.25, 0.3) is 0 Å². The van der Waals surface area contributed by atoms with E-state index in [1.54, 1.807) is 7.11 Å². The van der Waals surface area contributed by atoms with Gasteiger partial charge in [0.05, 0.1) is 19.3 Å². The van der Waals surface area contributed by atoms with Gasteiger partial charge in [0.15, 0.2) is 5.96 Å². The first kappa shape index (κ1) is 22.4. The number of piperazine rings is 3. The van der Waals surface area contributed by atoms with Crippen LogP contribution in [0, 0.1) is 0 Å². The maximum atomic E-state index is 5.54. The summed E-state index contributed by atoms with van der Waals surface area (Å²) in [5, 5.41) is 7.10. The average molecular weight is 514 g/mol. The molecule has 2 N–H and O–H groups in total. The molecule has 0 amide bonds. The van der Waals surface area contributed by atoms with E-state index in [4.69, 9.17) is 9.73 Å². The van der Waals surface area contributed by atoms with E-state index in [2.05, 4.69) is 44.4 Å². The molecule has 4 aliphatic rings. The van der Waals surface area contributed by atoms with Crippen LogP contribution in [0.15, 0.2) is 29.3 Å². The van der Waals surface area contributed by atoms with E-state index < -0.39 is 0 Å². The Hall–Kier alpha value is -1.26. The predicted molar refractivity (Wildman–Crippen MR) is 130 cm³/mol. The number of anilines is 1. The normalized spacial score (nSPS) is 28.8. The molecular formula is C21H35IN6O. The Bertz CT molecular complexity index is 679. The van der Waals surface area contributed by atoms with Crippen molar-refractivity contribution in [1.29, 1.82) is 0 Å². The molecule has 8 heteroatoms. The first-order valence-corrected chi connectivity index (χ1v) is 10.7. The van der Waals surface area contributed by atoms with Crippen molar-refractivity contribution in [1.82, 2.24) is 20.4 Å². The average Bonchev–Trinajstić information content (AvgIpc) is 3.21. The van der Waals surface area contributed by atoms with Crippen molar-refractivity contribution < 1.29 is 4.74 Å². The van der Waals surface area contributed by atoms with Crippen molar-refractivity contribution in [3.63, 3.8) is 0 Å². The molecule has 0 aromatic heterocycles. The maximum absolute atomic E-state index is 5.54. The van der Waals surface area contributed by atoms with Gasteiger partial charge in [0.2, 0.25) is 0 Å². The number of aliphatic imine (C=N–C) groups is 1. The number of nitrogens with zero attached hydrogens (tertiary/aromatic N) is 4. The van der Waals surface area contributed by atoms with Crippen molar-refractivity contribution in [3.05, 3.63) is 24.3 Å². The van der Waals surface area contributed by atoms with Gasteiger partial charge in [-0.25, -0.2) is 0 Å². The summed E-state index contributed by atoms with van der Waals surface area (Å²) >= 11 is 0. The number of hydrogen-bond acceptors (Lipinski definition) is 5. The second-order valence-corrected chi connectivity index (χ2v) is 7.96. The predicted octanol–water partition coefficient (Wildman–Crippen LogP) is 1.45. The molecule has 0 radical (unpaired) electrons. The van der Waals surface area contributed by atoms with Gasteiger partial charge in [-0.3, -0.25) is 14.8 Å². The van der Waals surface area contributed by atoms with Gasteiger partial charge in [0, 0.05) is 64.4 Å². The molecule has 5 rings (SSSR count). The highest BCUT2D eigenvalue weighted by Crippen LogP contribution is 2.30. The third kappa shape index (κ3) is 5.46. The minimum absolute atomic E-state index is 0. The molecule has 0 saturated carbocycles. The summed E-state index contributed by atoms with van der Waals surface area (Å²) in [5.41, 5.74) is 1.18. The second kappa shape index (κ2) is 10.7. The quantitative estimate of drug-likeness (QED) is 0.341. The summed E-state index contributed by atoms with van der Waals surface area (Å²) in [6, 6.07) is 9.23. The summed E-state index contributed by atoms with van der Waals surface area (Å²) in [6.07, 6.45) is 1.10. The zero-order valence-corrected chi connectivity index (χ0v) is 20.0. The molecule has 0 aliphatic carbocycles. The van der Waals surface area contributed by atoms with Crippen LogP contribution >= 0.6 is 24.0 Å². The van der Waals surface area contributed by atoms with E-state index in [0.29, 0.717) is 12.1 Å². The Kier molecular flexibility index (Phi) is 8.25. The number of ether oxygens (including phenoxy) is 1. The largest absolute Gasteiger partial charge is 0.495 e. The highest BCUT2D eigenvalue weighted by atomic mass is 127. The van der Waals surface area contributed by atoms with Crippen LogP contribution in [0.2, 0.25) is 0 Å². The molecule has 7 nitrogen and oxygen atoms in total. The number of fused-ring (bicyclic) bond motifs is 3. The van der Waals surface area contributed by atoms with Gasteiger partial charge in [-0.05, 0) is 25.5 Å². The van der Waals surface area contributed by atoms with Crippen LogP contribution < -0.4 is 20.3 Å². The number of para-hydroxylation sites is 2. The molecule has 2 unspecified atom stereocenters. The van der Waals surface area contributed by atoms with E-state index in [0.717, 1.165) is 50.9 Å². The lowest BCUT2D eigenvalue weighted by Crippen LogP contribution is -2.62. The Morgan fingerprint density at radius 2 is 1.93 bits per heavy atom. The minimum Gasteiger partial charge on any atom is -0.495 e. The Morgan fingerprint density at radius 3 is 2.62 bits per heavy atom. The summed E-state index contributed by atoms with van der Waals surface area (Å²) < 4.78 is 5.54. The number of hydrogen-bond donors (Lipinski definition) is 2. The third-order valence-electron chi connectivity index (χ3n) is 6.15. The Morgan fingerprint density at radius 1 is 1.14 bits per heavy atom. The summed E-state index contributed by atoms with van der Waals surface area (Å²) in [4.78, 5) is 12.5. The van der Waals surface area contributed by atoms with Crippen LogP contribution in [0.3, 0.4) is 0 Å². The van der Waals surface area contributed by atoms with E-state index in [-0.39, 0.29) is 24.0 Å². The minimum atomic E-state index is 0. The smallest absolute Gasteiger partial charge is 0.191 e. The van der Waals surface area contributed by atoms with Crippen molar-refractivity contribution in [2.45, 2.75) is 25.4 Å². The molecule has 1 aromatic rings. The first-order chi connectivity index (χ1) is 13.8. The van der Waals surface area contributed by atoms with E-state index in [1.807, 2.05) is 12.1 Å². The van der Waals surface area contributed by atoms with Crippen LogP contribution in [0.5, 0.6) is 5.75 Å². The molecule has 162 valence electrons. The zero-order chi connectivity index (χ0) is 19.3. The molecule has 4 fully saturated rings. The fourth-order valence-corrected chi connectivity index (χ4v) is 4.60. The third-order valence-corrected chi connectivity index (χ3v) is 6.15. The topological polar surface area (TPSA) is 55.4 Å². The highest BCUT2D eigenvalue weighted by Gasteiger charge is 2.31. The molecule has 4 aliphatic heterocycles. The number of methoxy groups -OCH3 is 1. The zero-order valence-electron chi connectivity index (χ0n) is 17.6. The molecule has 4 heterocycles. The summed E-state index contributed by atoms with van der Waals surface area (Å²) in [6.45, 7) is 11.9. The van der Waals surface area contributed by atoms with Gasteiger partial charge in [-0.15, -0.1) is 24.0 Å². The van der Waals surface area contributed by atoms with Crippen molar-refractivity contribution in [2.75, 3.05) is 70.9 Å². The lowest BCUT2D eigenvalue weighted by Gasteiger charge is -2.47. The molecular weight excluding hydrogens is 479 g/mol. The Balaban J connectivity index is 0.00000240. The number of rotatable bonds is 6. The number of nitrogens with one attached hydrogen (secondary N) is 2. The monoisotopic (exact) mass is 514 g/mol. The molecule has 2 bridgehead atoms. The number of halogens is 1. The van der Waals surface area contributed by atoms with Crippen LogP contribution in [-0.4, -0.2) is 93.9 Å². The second-order valence-electron chi connectivity index (χ2n) is 7.96. The van der Waals surface area contributed by atoms with Gasteiger partial charge in [0.25, 0.3) is 0 Å². The van der Waals surface area contributed by atoms with E-state index in [1.165, 1.54) is 31.9 Å². The summed E-state index contributed by atoms with van der Waals surface area (Å²) in [5.74, 6) is 1.90. The Labute approximate surface area is 191 Å². The van der Waals surface area contributed by atoms with Gasteiger partial charge in [0.1, 0.15) is 5.75 Å². The van der Waals surface area contributed by atoms with Crippen molar-refractivity contribution in [3.8, 4) is 5.75 Å². The van der Waals surface area contributed by atoms with Gasteiger partial charge in [-0.2, -0.15) is 0 Å².